The first kappa shape index (κ1) is 15.9. The van der Waals surface area contributed by atoms with Crippen LogP contribution in [0.5, 0.6) is 0 Å². The Morgan fingerprint density at radius 1 is 1.37 bits per heavy atom. The molecular weight excluding hydrogens is 288 g/mol. The summed E-state index contributed by atoms with van der Waals surface area (Å²) in [4.78, 5) is 23.1. The Labute approximate surface area is 121 Å². The molecule has 0 aliphatic heterocycles. The smallest absolute Gasteiger partial charge is 0.337 e. The van der Waals surface area contributed by atoms with Crippen molar-refractivity contribution in [3.63, 3.8) is 0 Å². The number of thioether (sulfide) groups is 1. The van der Waals surface area contributed by atoms with E-state index in [1.807, 2.05) is 0 Å². The van der Waals surface area contributed by atoms with Crippen molar-refractivity contribution in [1.29, 1.82) is 0 Å². The topological polar surface area (TPSA) is 63.6 Å². The summed E-state index contributed by atoms with van der Waals surface area (Å²) in [5.74, 6) is -1.31. The van der Waals surface area contributed by atoms with Crippen LogP contribution in [0.2, 0.25) is 5.02 Å². The minimum absolute atomic E-state index is 0.0239. The maximum Gasteiger partial charge on any atom is 0.337 e. The maximum absolute atomic E-state index is 11.5. The number of halogens is 1. The van der Waals surface area contributed by atoms with Crippen molar-refractivity contribution in [2.45, 2.75) is 31.3 Å². The first-order chi connectivity index (χ1) is 8.69. The van der Waals surface area contributed by atoms with Gasteiger partial charge in [0, 0.05) is 4.90 Å². The molecule has 0 spiro atoms. The zero-order valence-corrected chi connectivity index (χ0v) is 12.5. The van der Waals surface area contributed by atoms with E-state index < -0.39 is 11.6 Å². The molecule has 0 bridgehead atoms. The van der Waals surface area contributed by atoms with Gasteiger partial charge < -0.3 is 9.84 Å². The van der Waals surface area contributed by atoms with Crippen molar-refractivity contribution in [3.8, 4) is 0 Å². The van der Waals surface area contributed by atoms with Gasteiger partial charge in [-0.2, -0.15) is 0 Å². The molecule has 0 amide bonds. The lowest BCUT2D eigenvalue weighted by Gasteiger charge is -2.19. The highest BCUT2D eigenvalue weighted by Crippen LogP contribution is 2.25. The van der Waals surface area contributed by atoms with Gasteiger partial charge in [-0.25, -0.2) is 4.79 Å². The predicted octanol–water partition coefficient (Wildman–Crippen LogP) is 3.47. The number of carboxylic acids is 1. The van der Waals surface area contributed by atoms with Gasteiger partial charge in [-0.05, 0) is 39.0 Å². The lowest BCUT2D eigenvalue weighted by atomic mass is 10.2. The fourth-order valence-corrected chi connectivity index (χ4v) is 2.18. The Bertz CT molecular complexity index is 494. The molecule has 1 rings (SSSR count). The highest BCUT2D eigenvalue weighted by molar-refractivity contribution is 8.00. The van der Waals surface area contributed by atoms with Gasteiger partial charge in [-0.15, -0.1) is 11.8 Å². The van der Waals surface area contributed by atoms with Gasteiger partial charge in [0.1, 0.15) is 5.60 Å². The largest absolute Gasteiger partial charge is 0.478 e. The summed E-state index contributed by atoms with van der Waals surface area (Å²) in [5, 5.41) is 9.11. The van der Waals surface area contributed by atoms with Crippen LogP contribution in [0, 0.1) is 0 Å². The van der Waals surface area contributed by atoms with Crippen LogP contribution >= 0.6 is 23.4 Å². The van der Waals surface area contributed by atoms with E-state index in [2.05, 4.69) is 0 Å². The lowest BCUT2D eigenvalue weighted by molar-refractivity contribution is -0.151. The number of aromatic carboxylic acids is 1. The van der Waals surface area contributed by atoms with Crippen LogP contribution in [0.25, 0.3) is 0 Å². The number of hydrogen-bond acceptors (Lipinski definition) is 4. The Morgan fingerprint density at radius 2 is 2.00 bits per heavy atom. The monoisotopic (exact) mass is 302 g/mol. The van der Waals surface area contributed by atoms with E-state index in [1.54, 1.807) is 26.8 Å². The van der Waals surface area contributed by atoms with Gasteiger partial charge in [-0.1, -0.05) is 11.6 Å². The highest BCUT2D eigenvalue weighted by atomic mass is 35.5. The standard InChI is InChI=1S/C13H15ClO4S/c1-13(2,3)18-11(15)7-19-8-4-5-10(14)9(6-8)12(16)17/h4-6H,7H2,1-3H3,(H,16,17). The summed E-state index contributed by atoms with van der Waals surface area (Å²) in [6.45, 7) is 5.38. The van der Waals surface area contributed by atoms with Crippen LogP contribution in [0.4, 0.5) is 0 Å². The third-order valence-corrected chi connectivity index (χ3v) is 3.24. The molecule has 0 fully saturated rings. The molecule has 0 heterocycles. The zero-order chi connectivity index (χ0) is 14.6. The van der Waals surface area contributed by atoms with E-state index in [0.717, 1.165) is 0 Å². The van der Waals surface area contributed by atoms with Crippen molar-refractivity contribution in [3.05, 3.63) is 28.8 Å². The third kappa shape index (κ3) is 5.53. The van der Waals surface area contributed by atoms with Crippen molar-refractivity contribution in [2.75, 3.05) is 5.75 Å². The number of hydrogen-bond donors (Lipinski definition) is 1. The summed E-state index contributed by atoms with van der Waals surface area (Å²) < 4.78 is 5.16. The molecule has 0 aromatic heterocycles. The first-order valence-electron chi connectivity index (χ1n) is 5.56. The van der Waals surface area contributed by atoms with Gasteiger partial charge in [0.25, 0.3) is 0 Å². The Balaban J connectivity index is 2.66. The Morgan fingerprint density at radius 3 is 2.53 bits per heavy atom. The average Bonchev–Trinajstić information content (AvgIpc) is 2.25. The molecule has 1 aromatic carbocycles. The molecule has 0 atom stereocenters. The van der Waals surface area contributed by atoms with E-state index in [1.165, 1.54) is 23.9 Å². The van der Waals surface area contributed by atoms with Gasteiger partial charge in [0.15, 0.2) is 0 Å². The third-order valence-electron chi connectivity index (χ3n) is 1.94. The molecule has 0 saturated heterocycles. The quantitative estimate of drug-likeness (QED) is 0.681. The van der Waals surface area contributed by atoms with Crippen LogP contribution < -0.4 is 0 Å². The maximum atomic E-state index is 11.5. The van der Waals surface area contributed by atoms with Gasteiger partial charge in [0.2, 0.25) is 0 Å². The van der Waals surface area contributed by atoms with Crippen molar-refractivity contribution < 1.29 is 19.4 Å². The van der Waals surface area contributed by atoms with Crippen molar-refractivity contribution >= 4 is 35.3 Å². The molecule has 0 unspecified atom stereocenters. The molecule has 4 nitrogen and oxygen atoms in total. The molecular formula is C13H15ClO4S. The molecule has 0 radical (unpaired) electrons. The van der Waals surface area contributed by atoms with Gasteiger partial charge in [-0.3, -0.25) is 4.79 Å². The SMILES string of the molecule is CC(C)(C)OC(=O)CSc1ccc(Cl)c(C(=O)O)c1. The predicted molar refractivity (Wildman–Crippen MR) is 75.0 cm³/mol. The minimum atomic E-state index is -1.09. The number of rotatable bonds is 4. The second-order valence-electron chi connectivity index (χ2n) is 4.82. The molecule has 6 heteroatoms. The second-order valence-corrected chi connectivity index (χ2v) is 6.28. The van der Waals surface area contributed by atoms with E-state index in [9.17, 15) is 9.59 Å². The summed E-state index contributed by atoms with van der Waals surface area (Å²) in [7, 11) is 0. The van der Waals surface area contributed by atoms with Crippen LogP contribution in [0.1, 0.15) is 31.1 Å². The Hall–Kier alpha value is -1.20. The first-order valence-corrected chi connectivity index (χ1v) is 6.93. The number of esters is 1. The number of ether oxygens (including phenoxy) is 1. The van der Waals surface area contributed by atoms with E-state index in [4.69, 9.17) is 21.4 Å². The number of carboxylic acid groups (broad SMARTS) is 1. The molecule has 19 heavy (non-hydrogen) atoms. The molecule has 104 valence electrons. The number of carbonyl (C=O) groups excluding carboxylic acids is 1. The zero-order valence-electron chi connectivity index (χ0n) is 10.9. The van der Waals surface area contributed by atoms with Crippen LogP contribution in [0.15, 0.2) is 23.1 Å². The Kier molecular flexibility index (Phi) is 5.26. The molecule has 0 saturated carbocycles. The van der Waals surface area contributed by atoms with E-state index in [-0.39, 0.29) is 22.3 Å². The van der Waals surface area contributed by atoms with Crippen molar-refractivity contribution in [1.82, 2.24) is 0 Å². The van der Waals surface area contributed by atoms with Crippen LogP contribution in [-0.4, -0.2) is 28.4 Å². The molecule has 0 aliphatic rings. The van der Waals surface area contributed by atoms with Gasteiger partial charge in [0.05, 0.1) is 16.3 Å². The normalized spacial score (nSPS) is 11.2. The van der Waals surface area contributed by atoms with Crippen LogP contribution in [-0.2, 0) is 9.53 Å². The van der Waals surface area contributed by atoms with Gasteiger partial charge >= 0.3 is 11.9 Å². The highest BCUT2D eigenvalue weighted by Gasteiger charge is 2.17. The van der Waals surface area contributed by atoms with Crippen molar-refractivity contribution in [2.24, 2.45) is 0 Å². The number of carbonyl (C=O) groups is 2. The number of benzene rings is 1. The van der Waals surface area contributed by atoms with E-state index in [0.29, 0.717) is 4.90 Å². The summed E-state index contributed by atoms with van der Waals surface area (Å²) in [5.41, 5.74) is -0.500. The molecule has 1 aromatic rings. The second kappa shape index (κ2) is 6.30. The molecule has 1 N–H and O–H groups in total. The molecule has 0 aliphatic carbocycles. The average molecular weight is 303 g/mol. The van der Waals surface area contributed by atoms with Crippen LogP contribution in [0.3, 0.4) is 0 Å². The summed E-state index contributed by atoms with van der Waals surface area (Å²) in [6.07, 6.45) is 0. The summed E-state index contributed by atoms with van der Waals surface area (Å²) >= 11 is 6.97. The fraction of sp³-hybridized carbons (Fsp3) is 0.385. The summed E-state index contributed by atoms with van der Waals surface area (Å²) in [6, 6.07) is 4.62. The lowest BCUT2D eigenvalue weighted by Crippen LogP contribution is -2.24. The minimum Gasteiger partial charge on any atom is -0.478 e. The fourth-order valence-electron chi connectivity index (χ4n) is 1.27. The van der Waals surface area contributed by atoms with E-state index >= 15 is 0 Å².